The zero-order valence-corrected chi connectivity index (χ0v) is 20.4. The third-order valence-corrected chi connectivity index (χ3v) is 6.00. The van der Waals surface area contributed by atoms with Crippen LogP contribution in [0.5, 0.6) is 0 Å². The smallest absolute Gasteiger partial charge is 0.261 e. The number of nitrogens with one attached hydrogen (secondary N) is 4. The molecule has 0 aliphatic heterocycles. The fourth-order valence-electron chi connectivity index (χ4n) is 3.01. The van der Waals surface area contributed by atoms with E-state index in [9.17, 15) is 19.2 Å². The molecule has 0 aliphatic carbocycles. The maximum Gasteiger partial charge on any atom is 0.261 e. The van der Waals surface area contributed by atoms with E-state index in [0.717, 1.165) is 11.3 Å². The fourth-order valence-corrected chi connectivity index (χ4v) is 3.97. The first-order valence-electron chi connectivity index (χ1n) is 10.5. The van der Waals surface area contributed by atoms with Gasteiger partial charge in [0.05, 0.1) is 32.7 Å². The van der Waals surface area contributed by atoms with Crippen LogP contribution in [-0.4, -0.2) is 35.4 Å². The molecule has 0 unspecified atom stereocenters. The number of thiophene rings is 1. The lowest BCUT2D eigenvalue weighted by Gasteiger charge is -2.14. The van der Waals surface area contributed by atoms with Crippen LogP contribution in [0.3, 0.4) is 0 Å². The van der Waals surface area contributed by atoms with E-state index in [0.29, 0.717) is 20.6 Å². The van der Waals surface area contributed by atoms with E-state index in [-0.39, 0.29) is 42.2 Å². The number of benzene rings is 1. The number of halogens is 1. The molecule has 0 fully saturated rings. The normalized spacial score (nSPS) is 11.0. The van der Waals surface area contributed by atoms with Crippen molar-refractivity contribution in [1.82, 2.24) is 15.2 Å². The van der Waals surface area contributed by atoms with E-state index in [1.54, 1.807) is 42.6 Å². The summed E-state index contributed by atoms with van der Waals surface area (Å²) in [6.45, 7) is -0.0203. The second-order valence-corrected chi connectivity index (χ2v) is 9.00. The fraction of sp³-hybridized carbons (Fsp3) is 0.130. The molecule has 0 radical (unpaired) electrons. The minimum absolute atomic E-state index is 0.0328. The molecule has 11 nitrogen and oxygen atoms in total. The molecule has 36 heavy (non-hydrogen) atoms. The van der Waals surface area contributed by atoms with Crippen molar-refractivity contribution in [3.05, 3.63) is 91.8 Å². The van der Waals surface area contributed by atoms with Gasteiger partial charge in [-0.15, -0.1) is 11.3 Å². The SMILES string of the molecule is N=N/C(=C\Nc1ccc(-n2ccccc2=O)cc1C(=O)NCCC(N)=O)CNC(=O)c1ccc(Cl)s1. The Hall–Kier alpha value is -4.29. The van der Waals surface area contributed by atoms with Crippen LogP contribution in [-0.2, 0) is 4.79 Å². The van der Waals surface area contributed by atoms with E-state index in [2.05, 4.69) is 21.1 Å². The summed E-state index contributed by atoms with van der Waals surface area (Å²) >= 11 is 6.97. The number of aromatic nitrogens is 1. The van der Waals surface area contributed by atoms with Gasteiger partial charge in [-0.3, -0.25) is 23.7 Å². The Balaban J connectivity index is 1.82. The number of amides is 3. The van der Waals surface area contributed by atoms with Gasteiger partial charge in [-0.05, 0) is 36.4 Å². The third-order valence-electron chi connectivity index (χ3n) is 4.77. The number of hydrogen-bond donors (Lipinski definition) is 5. The average molecular weight is 528 g/mol. The summed E-state index contributed by atoms with van der Waals surface area (Å²) in [6.07, 6.45) is 2.90. The minimum atomic E-state index is -0.560. The molecule has 0 atom stereocenters. The highest BCUT2D eigenvalue weighted by atomic mass is 35.5. The maximum absolute atomic E-state index is 12.9. The lowest BCUT2D eigenvalue weighted by molar-refractivity contribution is -0.117. The molecule has 0 saturated carbocycles. The highest BCUT2D eigenvalue weighted by Crippen LogP contribution is 2.22. The van der Waals surface area contributed by atoms with Gasteiger partial charge in [-0.1, -0.05) is 17.7 Å². The molecule has 6 N–H and O–H groups in total. The van der Waals surface area contributed by atoms with E-state index in [4.69, 9.17) is 22.9 Å². The zero-order valence-electron chi connectivity index (χ0n) is 18.8. The molecule has 0 spiro atoms. The summed E-state index contributed by atoms with van der Waals surface area (Å²) in [5.41, 5.74) is 13.4. The van der Waals surface area contributed by atoms with Gasteiger partial charge < -0.3 is 21.7 Å². The Morgan fingerprint density at radius 3 is 2.58 bits per heavy atom. The van der Waals surface area contributed by atoms with Crippen molar-refractivity contribution < 1.29 is 14.4 Å². The molecule has 0 aliphatic rings. The Morgan fingerprint density at radius 2 is 1.92 bits per heavy atom. The van der Waals surface area contributed by atoms with Gasteiger partial charge in [0.1, 0.15) is 0 Å². The van der Waals surface area contributed by atoms with Gasteiger partial charge in [0.15, 0.2) is 0 Å². The Kier molecular flexibility index (Phi) is 9.08. The Bertz CT molecular complexity index is 1380. The molecule has 3 rings (SSSR count). The summed E-state index contributed by atoms with van der Waals surface area (Å²) in [7, 11) is 0. The second kappa shape index (κ2) is 12.4. The molecule has 13 heteroatoms. The first-order valence-corrected chi connectivity index (χ1v) is 11.7. The molecular weight excluding hydrogens is 506 g/mol. The van der Waals surface area contributed by atoms with Crippen molar-refractivity contribution in [3.8, 4) is 5.69 Å². The van der Waals surface area contributed by atoms with Crippen molar-refractivity contribution in [1.29, 1.82) is 5.53 Å². The monoisotopic (exact) mass is 527 g/mol. The summed E-state index contributed by atoms with van der Waals surface area (Å²) in [5, 5.41) is 11.6. The highest BCUT2D eigenvalue weighted by Gasteiger charge is 2.14. The minimum Gasteiger partial charge on any atom is -0.370 e. The summed E-state index contributed by atoms with van der Waals surface area (Å²) in [6, 6.07) is 12.6. The lowest BCUT2D eigenvalue weighted by Crippen LogP contribution is -2.28. The largest absolute Gasteiger partial charge is 0.370 e. The number of anilines is 1. The standard InChI is InChI=1S/C23H22ClN7O4S/c24-19-7-6-18(36-19)23(35)29-13-14(30-26)12-28-17-5-4-15(31-10-2-1-3-21(31)33)11-16(17)22(34)27-9-8-20(25)32/h1-7,10-12,26,28H,8-9,13H2,(H2,25,32)(H,27,34)(H,29,35)/b14-12-,30-26?. The maximum atomic E-state index is 12.9. The number of nitrogens with zero attached hydrogens (tertiary/aromatic N) is 2. The van der Waals surface area contributed by atoms with Gasteiger partial charge in [0.25, 0.3) is 17.4 Å². The van der Waals surface area contributed by atoms with Crippen molar-refractivity contribution in [2.75, 3.05) is 18.4 Å². The Morgan fingerprint density at radius 1 is 1.11 bits per heavy atom. The van der Waals surface area contributed by atoms with Crippen LogP contribution >= 0.6 is 22.9 Å². The molecule has 2 heterocycles. The molecule has 3 aromatic rings. The third kappa shape index (κ3) is 7.10. The van der Waals surface area contributed by atoms with Crippen LogP contribution in [0.1, 0.15) is 26.5 Å². The number of carbonyl (C=O) groups excluding carboxylic acids is 3. The van der Waals surface area contributed by atoms with E-state index in [1.807, 2.05) is 0 Å². The zero-order chi connectivity index (χ0) is 26.1. The Labute approximate surface area is 214 Å². The highest BCUT2D eigenvalue weighted by molar-refractivity contribution is 7.18. The van der Waals surface area contributed by atoms with Gasteiger partial charge in [0, 0.05) is 37.1 Å². The van der Waals surface area contributed by atoms with Gasteiger partial charge in [-0.2, -0.15) is 5.11 Å². The number of primary amides is 1. The van der Waals surface area contributed by atoms with E-state index >= 15 is 0 Å². The number of hydrogen-bond acceptors (Lipinski definition) is 8. The summed E-state index contributed by atoms with van der Waals surface area (Å²) in [4.78, 5) is 48.8. The number of nitrogens with two attached hydrogens (primary N) is 1. The second-order valence-electron chi connectivity index (χ2n) is 7.29. The number of rotatable bonds is 11. The van der Waals surface area contributed by atoms with Crippen molar-refractivity contribution >= 4 is 46.3 Å². The summed E-state index contributed by atoms with van der Waals surface area (Å²) in [5.74, 6) is -1.44. The molecule has 186 valence electrons. The van der Waals surface area contributed by atoms with E-state index < -0.39 is 11.8 Å². The lowest BCUT2D eigenvalue weighted by atomic mass is 10.1. The van der Waals surface area contributed by atoms with Crippen LogP contribution in [0, 0.1) is 5.53 Å². The first-order chi connectivity index (χ1) is 17.3. The van der Waals surface area contributed by atoms with Gasteiger partial charge >= 0.3 is 0 Å². The van der Waals surface area contributed by atoms with Crippen molar-refractivity contribution in [3.63, 3.8) is 0 Å². The van der Waals surface area contributed by atoms with Crippen molar-refractivity contribution in [2.24, 2.45) is 10.8 Å². The first kappa shape index (κ1) is 26.3. The molecule has 0 saturated heterocycles. The van der Waals surface area contributed by atoms with Crippen LogP contribution in [0.15, 0.2) is 76.5 Å². The van der Waals surface area contributed by atoms with Crippen molar-refractivity contribution in [2.45, 2.75) is 6.42 Å². The molecule has 2 aromatic heterocycles. The molecule has 3 amide bonds. The number of pyridine rings is 1. The predicted octanol–water partition coefficient (Wildman–Crippen LogP) is 2.87. The van der Waals surface area contributed by atoms with Gasteiger partial charge in [0.2, 0.25) is 5.91 Å². The quantitative estimate of drug-likeness (QED) is 0.241. The molecular formula is C23H22ClN7O4S. The number of carbonyl (C=O) groups is 3. The summed E-state index contributed by atoms with van der Waals surface area (Å²) < 4.78 is 1.85. The van der Waals surface area contributed by atoms with Crippen LogP contribution in [0.4, 0.5) is 5.69 Å². The van der Waals surface area contributed by atoms with Crippen LogP contribution in [0.2, 0.25) is 4.34 Å². The average Bonchev–Trinajstić information content (AvgIpc) is 3.30. The van der Waals surface area contributed by atoms with E-state index in [1.165, 1.54) is 22.9 Å². The van der Waals surface area contributed by atoms with Gasteiger partial charge in [-0.25, -0.2) is 5.53 Å². The predicted molar refractivity (Wildman–Crippen MR) is 137 cm³/mol. The van der Waals surface area contributed by atoms with Crippen LogP contribution in [0.25, 0.3) is 5.69 Å². The topological polar surface area (TPSA) is 172 Å². The molecule has 1 aromatic carbocycles. The molecule has 0 bridgehead atoms. The van der Waals surface area contributed by atoms with Crippen LogP contribution < -0.4 is 27.2 Å².